The van der Waals surface area contributed by atoms with Gasteiger partial charge >= 0.3 is 0 Å². The summed E-state index contributed by atoms with van der Waals surface area (Å²) in [6, 6.07) is 13.0. The van der Waals surface area contributed by atoms with E-state index in [1.54, 1.807) is 48.5 Å². The van der Waals surface area contributed by atoms with Crippen molar-refractivity contribution < 1.29 is 17.9 Å². The second-order valence-electron chi connectivity index (χ2n) is 6.57. The highest BCUT2D eigenvalue weighted by atomic mass is 35.5. The van der Waals surface area contributed by atoms with Gasteiger partial charge in [-0.05, 0) is 62.4 Å². The first-order valence-corrected chi connectivity index (χ1v) is 10.6. The molecule has 2 aromatic rings. The third kappa shape index (κ3) is 4.70. The first-order valence-electron chi connectivity index (χ1n) is 8.52. The SMILES string of the molecule is CC(C)Oc1ccc(C(=O)N(c2cccc(Cl)c2)C2C=CS(=O)(=O)C2)cc1. The molecule has 0 aromatic heterocycles. The highest BCUT2D eigenvalue weighted by Crippen LogP contribution is 2.27. The molecule has 5 nitrogen and oxygen atoms in total. The molecule has 1 amide bonds. The molecule has 1 aliphatic rings. The smallest absolute Gasteiger partial charge is 0.258 e. The number of amides is 1. The molecule has 2 aromatic carbocycles. The Bertz CT molecular complexity index is 968. The van der Waals surface area contributed by atoms with Gasteiger partial charge in [-0.25, -0.2) is 8.42 Å². The summed E-state index contributed by atoms with van der Waals surface area (Å²) in [5, 5.41) is 1.62. The zero-order valence-electron chi connectivity index (χ0n) is 15.0. The van der Waals surface area contributed by atoms with E-state index in [0.29, 0.717) is 22.0 Å². The van der Waals surface area contributed by atoms with E-state index in [4.69, 9.17) is 16.3 Å². The molecule has 3 rings (SSSR count). The van der Waals surface area contributed by atoms with Crippen LogP contribution in [-0.4, -0.2) is 32.2 Å². The average molecular weight is 406 g/mol. The minimum atomic E-state index is -3.32. The lowest BCUT2D eigenvalue weighted by atomic mass is 10.1. The zero-order chi connectivity index (χ0) is 19.6. The van der Waals surface area contributed by atoms with Gasteiger partial charge in [-0.1, -0.05) is 17.7 Å². The Balaban J connectivity index is 1.95. The van der Waals surface area contributed by atoms with Crippen LogP contribution < -0.4 is 9.64 Å². The van der Waals surface area contributed by atoms with E-state index in [2.05, 4.69) is 0 Å². The van der Waals surface area contributed by atoms with Gasteiger partial charge in [0.15, 0.2) is 9.84 Å². The Morgan fingerprint density at radius 3 is 2.44 bits per heavy atom. The second-order valence-corrected chi connectivity index (χ2v) is 8.94. The molecule has 142 valence electrons. The fourth-order valence-electron chi connectivity index (χ4n) is 2.89. The lowest BCUT2D eigenvalue weighted by Crippen LogP contribution is -2.41. The predicted octanol–water partition coefficient (Wildman–Crippen LogP) is 4.08. The molecule has 0 spiro atoms. The van der Waals surface area contributed by atoms with Crippen molar-refractivity contribution in [3.8, 4) is 5.75 Å². The summed E-state index contributed by atoms with van der Waals surface area (Å²) in [6.45, 7) is 3.85. The number of anilines is 1. The molecule has 0 aliphatic carbocycles. The lowest BCUT2D eigenvalue weighted by Gasteiger charge is -2.28. The number of rotatable bonds is 5. The summed E-state index contributed by atoms with van der Waals surface area (Å²) < 4.78 is 29.4. The van der Waals surface area contributed by atoms with Crippen LogP contribution in [0.4, 0.5) is 5.69 Å². The molecule has 0 bridgehead atoms. The maximum Gasteiger partial charge on any atom is 0.258 e. The van der Waals surface area contributed by atoms with E-state index in [1.807, 2.05) is 13.8 Å². The summed E-state index contributed by atoms with van der Waals surface area (Å²) in [4.78, 5) is 14.7. The third-order valence-electron chi connectivity index (χ3n) is 4.02. The number of nitrogens with zero attached hydrogens (tertiary/aromatic N) is 1. The average Bonchev–Trinajstić information content (AvgIpc) is 2.95. The predicted molar refractivity (Wildman–Crippen MR) is 107 cm³/mol. The zero-order valence-corrected chi connectivity index (χ0v) is 16.6. The van der Waals surface area contributed by atoms with Gasteiger partial charge in [-0.2, -0.15) is 0 Å². The number of halogens is 1. The van der Waals surface area contributed by atoms with Crippen LogP contribution in [0.5, 0.6) is 5.75 Å². The van der Waals surface area contributed by atoms with Crippen molar-refractivity contribution in [1.82, 2.24) is 0 Å². The third-order valence-corrected chi connectivity index (χ3v) is 5.63. The Morgan fingerprint density at radius 2 is 1.89 bits per heavy atom. The number of carbonyl (C=O) groups is 1. The first-order chi connectivity index (χ1) is 12.7. The molecule has 0 N–H and O–H groups in total. The minimum absolute atomic E-state index is 0.0309. The van der Waals surface area contributed by atoms with Crippen LogP contribution in [0.2, 0.25) is 5.02 Å². The fourth-order valence-corrected chi connectivity index (χ4v) is 4.35. The van der Waals surface area contributed by atoms with Crippen LogP contribution in [0, 0.1) is 0 Å². The van der Waals surface area contributed by atoms with E-state index in [9.17, 15) is 13.2 Å². The number of sulfone groups is 1. The van der Waals surface area contributed by atoms with Gasteiger partial charge in [0.2, 0.25) is 0 Å². The molecule has 0 saturated carbocycles. The van der Waals surface area contributed by atoms with Crippen molar-refractivity contribution in [2.24, 2.45) is 0 Å². The fraction of sp³-hybridized carbons (Fsp3) is 0.250. The van der Waals surface area contributed by atoms with E-state index in [1.165, 1.54) is 11.0 Å². The summed E-state index contributed by atoms with van der Waals surface area (Å²) in [6.07, 6.45) is 1.56. The Kier molecular flexibility index (Phi) is 5.58. The normalized spacial score (nSPS) is 17.9. The molecule has 0 saturated heterocycles. The van der Waals surface area contributed by atoms with Crippen LogP contribution in [0.1, 0.15) is 24.2 Å². The maximum absolute atomic E-state index is 13.2. The Hall–Kier alpha value is -2.31. The maximum atomic E-state index is 13.2. The molecule has 1 atom stereocenters. The second kappa shape index (κ2) is 7.74. The number of hydrogen-bond acceptors (Lipinski definition) is 4. The molecule has 27 heavy (non-hydrogen) atoms. The van der Waals surface area contributed by atoms with Crippen LogP contribution in [0.15, 0.2) is 60.0 Å². The van der Waals surface area contributed by atoms with Gasteiger partial charge in [0.1, 0.15) is 5.75 Å². The molecule has 0 radical (unpaired) electrons. The highest BCUT2D eigenvalue weighted by molar-refractivity contribution is 7.94. The minimum Gasteiger partial charge on any atom is -0.491 e. The summed E-state index contributed by atoms with van der Waals surface area (Å²) in [7, 11) is -3.32. The van der Waals surface area contributed by atoms with Crippen LogP contribution in [-0.2, 0) is 9.84 Å². The molecule has 1 aliphatic heterocycles. The molecule has 7 heteroatoms. The van der Waals surface area contributed by atoms with Crippen molar-refractivity contribution in [2.75, 3.05) is 10.7 Å². The van der Waals surface area contributed by atoms with Crippen molar-refractivity contribution >= 4 is 33.0 Å². The number of ether oxygens (including phenoxy) is 1. The van der Waals surface area contributed by atoms with E-state index in [-0.39, 0.29) is 17.8 Å². The van der Waals surface area contributed by atoms with Crippen molar-refractivity contribution in [3.05, 3.63) is 70.6 Å². The number of hydrogen-bond donors (Lipinski definition) is 0. The van der Waals surface area contributed by atoms with Crippen LogP contribution in [0.25, 0.3) is 0 Å². The molecular formula is C20H20ClNO4S. The Morgan fingerprint density at radius 1 is 1.19 bits per heavy atom. The monoisotopic (exact) mass is 405 g/mol. The molecule has 0 fully saturated rings. The number of carbonyl (C=O) groups excluding carboxylic acids is 1. The van der Waals surface area contributed by atoms with E-state index < -0.39 is 15.9 Å². The molecule has 1 heterocycles. The van der Waals surface area contributed by atoms with Gasteiger partial charge in [0.05, 0.1) is 17.9 Å². The first kappa shape index (κ1) is 19.5. The summed E-state index contributed by atoms with van der Waals surface area (Å²) >= 11 is 6.08. The van der Waals surface area contributed by atoms with Gasteiger partial charge in [0.25, 0.3) is 5.91 Å². The lowest BCUT2D eigenvalue weighted by molar-refractivity contribution is 0.0983. The topological polar surface area (TPSA) is 63.7 Å². The van der Waals surface area contributed by atoms with Gasteiger partial charge in [-0.3, -0.25) is 4.79 Å². The van der Waals surface area contributed by atoms with Gasteiger partial charge in [-0.15, -0.1) is 0 Å². The van der Waals surface area contributed by atoms with Crippen molar-refractivity contribution in [1.29, 1.82) is 0 Å². The summed E-state index contributed by atoms with van der Waals surface area (Å²) in [5.41, 5.74) is 0.977. The van der Waals surface area contributed by atoms with Crippen molar-refractivity contribution in [3.63, 3.8) is 0 Å². The van der Waals surface area contributed by atoms with Gasteiger partial charge in [0, 0.05) is 21.7 Å². The van der Waals surface area contributed by atoms with Crippen LogP contribution in [0.3, 0.4) is 0 Å². The number of benzene rings is 2. The largest absolute Gasteiger partial charge is 0.491 e. The van der Waals surface area contributed by atoms with Crippen molar-refractivity contribution in [2.45, 2.75) is 26.0 Å². The molecular weight excluding hydrogens is 386 g/mol. The Labute approximate surface area is 164 Å². The highest BCUT2D eigenvalue weighted by Gasteiger charge is 2.32. The van der Waals surface area contributed by atoms with E-state index in [0.717, 1.165) is 5.41 Å². The van der Waals surface area contributed by atoms with Gasteiger partial charge < -0.3 is 9.64 Å². The molecule has 1 unspecified atom stereocenters. The van der Waals surface area contributed by atoms with E-state index >= 15 is 0 Å². The quantitative estimate of drug-likeness (QED) is 0.751. The summed E-state index contributed by atoms with van der Waals surface area (Å²) in [5.74, 6) is 0.207. The van der Waals surface area contributed by atoms with Crippen LogP contribution >= 0.6 is 11.6 Å². The standard InChI is InChI=1S/C20H20ClNO4S/c1-14(2)26-19-8-6-15(7-9-19)20(23)22(17-5-3-4-16(21)12-17)18-10-11-27(24,25)13-18/h3-12,14,18H,13H2,1-2H3.